The first-order valence-electron chi connectivity index (χ1n) is 3.84. The summed E-state index contributed by atoms with van der Waals surface area (Å²) in [4.78, 5) is 0. The van der Waals surface area contributed by atoms with Crippen molar-refractivity contribution < 1.29 is 22.3 Å². The first kappa shape index (κ1) is 11.1. The van der Waals surface area contributed by atoms with Gasteiger partial charge in [0.15, 0.2) is 0 Å². The molecule has 1 aromatic carbocycles. The summed E-state index contributed by atoms with van der Waals surface area (Å²) in [6, 6.07) is 8.41. The Bertz CT molecular complexity index is 372. The fraction of sp³-hybridized carbons (Fsp3) is 0.250. The molecule has 0 aliphatic heterocycles. The van der Waals surface area contributed by atoms with Gasteiger partial charge in [-0.2, -0.15) is 8.42 Å². The van der Waals surface area contributed by atoms with Gasteiger partial charge >= 0.3 is 10.4 Å². The van der Waals surface area contributed by atoms with Crippen LogP contribution in [0.3, 0.4) is 0 Å². The molecule has 0 radical (unpaired) electrons. The predicted octanol–water partition coefficient (Wildman–Crippen LogP) is 0.539. The molecule has 1 atom stereocenters. The van der Waals surface area contributed by atoms with Crippen molar-refractivity contribution in [2.75, 3.05) is 6.61 Å². The summed E-state index contributed by atoms with van der Waals surface area (Å²) in [5, 5.41) is 9.38. The molecule has 0 aromatic heterocycles. The molecule has 0 aliphatic rings. The molecule has 2 N–H and O–H groups in total. The Morgan fingerprint density at radius 3 is 2.36 bits per heavy atom. The van der Waals surface area contributed by atoms with Crippen LogP contribution in [0.25, 0.3) is 0 Å². The maximum Gasteiger partial charge on any atom is 0.397 e. The summed E-state index contributed by atoms with van der Waals surface area (Å²) in [6.07, 6.45) is -1.07. The molecular weight excluding hydrogens is 208 g/mol. The molecule has 0 bridgehead atoms. The fourth-order valence-corrected chi connectivity index (χ4v) is 1.22. The van der Waals surface area contributed by atoms with E-state index in [1.54, 1.807) is 30.3 Å². The van der Waals surface area contributed by atoms with Crippen molar-refractivity contribution in [2.24, 2.45) is 0 Å². The van der Waals surface area contributed by atoms with Crippen LogP contribution in [0.4, 0.5) is 0 Å². The van der Waals surface area contributed by atoms with Gasteiger partial charge in [-0.25, -0.2) is 4.18 Å². The van der Waals surface area contributed by atoms with E-state index in [0.717, 1.165) is 0 Å². The molecule has 0 spiro atoms. The number of rotatable bonds is 4. The third-order valence-electron chi connectivity index (χ3n) is 1.56. The lowest BCUT2D eigenvalue weighted by Crippen LogP contribution is -2.11. The Morgan fingerprint density at radius 2 is 1.86 bits per heavy atom. The van der Waals surface area contributed by atoms with Crippen LogP contribution in [-0.4, -0.2) is 24.7 Å². The van der Waals surface area contributed by atoms with Gasteiger partial charge in [0.1, 0.15) is 6.10 Å². The summed E-state index contributed by atoms with van der Waals surface area (Å²) in [5.41, 5.74) is 0.524. The second-order valence-electron chi connectivity index (χ2n) is 2.64. The Balaban J connectivity index is 2.56. The van der Waals surface area contributed by atoms with Crippen LogP contribution < -0.4 is 0 Å². The van der Waals surface area contributed by atoms with E-state index in [9.17, 15) is 13.5 Å². The quantitative estimate of drug-likeness (QED) is 0.720. The maximum atomic E-state index is 10.2. The van der Waals surface area contributed by atoms with Gasteiger partial charge in [0.2, 0.25) is 0 Å². The molecular formula is C8H10O5S. The summed E-state index contributed by atoms with van der Waals surface area (Å²) in [7, 11) is -4.49. The summed E-state index contributed by atoms with van der Waals surface area (Å²) < 4.78 is 32.7. The Morgan fingerprint density at radius 1 is 1.29 bits per heavy atom. The Labute approximate surface area is 81.9 Å². The van der Waals surface area contributed by atoms with Crippen LogP contribution in [0.5, 0.6) is 0 Å². The van der Waals surface area contributed by atoms with Crippen LogP contribution in [0.2, 0.25) is 0 Å². The lowest BCUT2D eigenvalue weighted by Gasteiger charge is -2.08. The van der Waals surface area contributed by atoms with Crippen molar-refractivity contribution in [3.8, 4) is 0 Å². The number of aliphatic hydroxyl groups is 1. The average molecular weight is 218 g/mol. The van der Waals surface area contributed by atoms with Crippen LogP contribution in [-0.2, 0) is 14.6 Å². The third kappa shape index (κ3) is 3.84. The number of benzene rings is 1. The molecule has 0 aliphatic carbocycles. The Hall–Kier alpha value is -0.950. The highest BCUT2D eigenvalue weighted by atomic mass is 32.3. The van der Waals surface area contributed by atoms with Crippen molar-refractivity contribution >= 4 is 10.4 Å². The van der Waals surface area contributed by atoms with E-state index >= 15 is 0 Å². The van der Waals surface area contributed by atoms with Crippen molar-refractivity contribution in [1.82, 2.24) is 0 Å². The molecule has 14 heavy (non-hydrogen) atoms. The Kier molecular flexibility index (Phi) is 3.59. The zero-order valence-electron chi connectivity index (χ0n) is 7.20. The van der Waals surface area contributed by atoms with E-state index in [0.29, 0.717) is 5.56 Å². The molecule has 0 amide bonds. The van der Waals surface area contributed by atoms with E-state index in [2.05, 4.69) is 4.18 Å². The SMILES string of the molecule is O=S(=O)(O)OCC(O)c1ccccc1. The van der Waals surface area contributed by atoms with Gasteiger partial charge < -0.3 is 5.11 Å². The maximum absolute atomic E-state index is 10.2. The highest BCUT2D eigenvalue weighted by Crippen LogP contribution is 2.12. The minimum atomic E-state index is -4.49. The monoisotopic (exact) mass is 218 g/mol. The second kappa shape index (κ2) is 4.52. The van der Waals surface area contributed by atoms with Gasteiger partial charge in [-0.3, -0.25) is 4.55 Å². The molecule has 1 aromatic rings. The molecule has 1 rings (SSSR count). The van der Waals surface area contributed by atoms with E-state index in [1.165, 1.54) is 0 Å². The lowest BCUT2D eigenvalue weighted by molar-refractivity contribution is 0.103. The molecule has 6 heteroatoms. The highest BCUT2D eigenvalue weighted by molar-refractivity contribution is 7.80. The minimum Gasteiger partial charge on any atom is -0.386 e. The zero-order chi connectivity index (χ0) is 10.6. The van der Waals surface area contributed by atoms with E-state index in [4.69, 9.17) is 4.55 Å². The predicted molar refractivity (Wildman–Crippen MR) is 48.9 cm³/mol. The van der Waals surface area contributed by atoms with Crippen LogP contribution >= 0.6 is 0 Å². The van der Waals surface area contributed by atoms with Crippen molar-refractivity contribution in [2.45, 2.75) is 6.10 Å². The molecule has 1 unspecified atom stereocenters. The van der Waals surface area contributed by atoms with E-state index in [-0.39, 0.29) is 0 Å². The van der Waals surface area contributed by atoms with E-state index in [1.807, 2.05) is 0 Å². The second-order valence-corrected chi connectivity index (χ2v) is 3.73. The van der Waals surface area contributed by atoms with Gasteiger partial charge in [0.25, 0.3) is 0 Å². The standard InChI is InChI=1S/C8H10O5S/c9-8(6-13-14(10,11)12)7-4-2-1-3-5-7/h1-5,8-9H,6H2,(H,10,11,12). The van der Waals surface area contributed by atoms with Crippen LogP contribution in [0.15, 0.2) is 30.3 Å². The highest BCUT2D eigenvalue weighted by Gasteiger charge is 2.11. The van der Waals surface area contributed by atoms with E-state index < -0.39 is 23.1 Å². The van der Waals surface area contributed by atoms with Crippen LogP contribution in [0.1, 0.15) is 11.7 Å². The van der Waals surface area contributed by atoms with Gasteiger partial charge in [-0.1, -0.05) is 30.3 Å². The molecule has 0 saturated heterocycles. The summed E-state index contributed by atoms with van der Waals surface area (Å²) in [6.45, 7) is -0.497. The first-order valence-corrected chi connectivity index (χ1v) is 5.20. The fourth-order valence-electron chi connectivity index (χ4n) is 0.922. The smallest absolute Gasteiger partial charge is 0.386 e. The number of aliphatic hydroxyl groups excluding tert-OH is 1. The van der Waals surface area contributed by atoms with Gasteiger partial charge in [-0.15, -0.1) is 0 Å². The van der Waals surface area contributed by atoms with Gasteiger partial charge in [0, 0.05) is 0 Å². The molecule has 0 saturated carbocycles. The van der Waals surface area contributed by atoms with Crippen molar-refractivity contribution in [3.05, 3.63) is 35.9 Å². The molecule has 0 heterocycles. The largest absolute Gasteiger partial charge is 0.397 e. The van der Waals surface area contributed by atoms with Crippen molar-refractivity contribution in [3.63, 3.8) is 0 Å². The third-order valence-corrected chi connectivity index (χ3v) is 1.99. The molecule has 5 nitrogen and oxygen atoms in total. The lowest BCUT2D eigenvalue weighted by atomic mass is 10.1. The normalized spacial score (nSPS) is 13.9. The topological polar surface area (TPSA) is 83.8 Å². The minimum absolute atomic E-state index is 0.497. The zero-order valence-corrected chi connectivity index (χ0v) is 8.02. The number of hydrogen-bond acceptors (Lipinski definition) is 4. The first-order chi connectivity index (χ1) is 6.49. The molecule has 78 valence electrons. The van der Waals surface area contributed by atoms with Gasteiger partial charge in [0.05, 0.1) is 6.61 Å². The number of hydrogen-bond donors (Lipinski definition) is 2. The summed E-state index contributed by atoms with van der Waals surface area (Å²) >= 11 is 0. The molecule has 0 fully saturated rings. The summed E-state index contributed by atoms with van der Waals surface area (Å²) in [5.74, 6) is 0. The average Bonchev–Trinajstić information content (AvgIpc) is 2.14. The van der Waals surface area contributed by atoms with Crippen molar-refractivity contribution in [1.29, 1.82) is 0 Å². The van der Waals surface area contributed by atoms with Gasteiger partial charge in [-0.05, 0) is 5.56 Å². The van der Waals surface area contributed by atoms with Crippen LogP contribution in [0, 0.1) is 0 Å².